The van der Waals surface area contributed by atoms with Crippen LogP contribution in [-0.2, 0) is 23.2 Å². The minimum Gasteiger partial charge on any atom is -0.367 e. The smallest absolute Gasteiger partial charge is 0.269 e. The number of piperazine rings is 1. The Morgan fingerprint density at radius 2 is 1.79 bits per heavy atom. The molecule has 3 fully saturated rings. The van der Waals surface area contributed by atoms with Gasteiger partial charge in [0.25, 0.3) is 5.69 Å². The van der Waals surface area contributed by atoms with Crippen LogP contribution in [-0.4, -0.2) is 81.6 Å². The molecule has 1 unspecified atom stereocenters. The molecule has 11 heteroatoms. The normalized spacial score (nSPS) is 21.5. The third kappa shape index (κ3) is 4.52. The lowest BCUT2D eigenvalue weighted by molar-refractivity contribution is -0.384. The Hall–Kier alpha value is -3.83. The van der Waals surface area contributed by atoms with Crippen molar-refractivity contribution in [3.05, 3.63) is 63.8 Å². The van der Waals surface area contributed by atoms with Gasteiger partial charge in [0.1, 0.15) is 0 Å². The van der Waals surface area contributed by atoms with Gasteiger partial charge in [-0.15, -0.1) is 0 Å². The molecule has 1 atom stereocenters. The quantitative estimate of drug-likeness (QED) is 0.300. The van der Waals surface area contributed by atoms with E-state index >= 15 is 0 Å². The van der Waals surface area contributed by atoms with Crippen LogP contribution in [0.3, 0.4) is 0 Å². The van der Waals surface area contributed by atoms with Crippen LogP contribution in [0.4, 0.5) is 11.4 Å². The molecule has 2 amide bonds. The minimum atomic E-state index is -0.406. The van der Waals surface area contributed by atoms with E-state index in [9.17, 15) is 19.7 Å². The standard InChI is InChI=1S/C27H31N7O4/c1-30-26-21(25(29-30)22-9-10-24(35)28-27(22)36)3-2-4-23(26)33-13-11-32(12-14-33)20-16-31(17-20)15-18-5-7-19(8-6-18)34(37)38/h2-8,20,22H,9-17H2,1H3,(H,28,35,36). The number of imide groups is 1. The van der Waals surface area contributed by atoms with Crippen LogP contribution in [0.25, 0.3) is 10.9 Å². The summed E-state index contributed by atoms with van der Waals surface area (Å²) in [5.41, 5.74) is 4.13. The van der Waals surface area contributed by atoms with Gasteiger partial charge in [-0.25, -0.2) is 0 Å². The number of likely N-dealkylation sites (tertiary alicyclic amines) is 1. The van der Waals surface area contributed by atoms with Gasteiger partial charge in [-0.05, 0) is 18.1 Å². The van der Waals surface area contributed by atoms with Crippen molar-refractivity contribution in [2.75, 3.05) is 44.2 Å². The van der Waals surface area contributed by atoms with Gasteiger partial charge in [0.2, 0.25) is 11.8 Å². The van der Waals surface area contributed by atoms with Crippen molar-refractivity contribution in [2.24, 2.45) is 7.05 Å². The van der Waals surface area contributed by atoms with Crippen molar-refractivity contribution in [3.63, 3.8) is 0 Å². The fourth-order valence-corrected chi connectivity index (χ4v) is 6.02. The predicted molar refractivity (Wildman–Crippen MR) is 142 cm³/mol. The second-order valence-corrected chi connectivity index (χ2v) is 10.5. The van der Waals surface area contributed by atoms with Crippen LogP contribution in [0.1, 0.15) is 30.0 Å². The number of benzene rings is 2. The number of fused-ring (bicyclic) bond motifs is 1. The lowest BCUT2D eigenvalue weighted by atomic mass is 9.92. The van der Waals surface area contributed by atoms with E-state index in [2.05, 4.69) is 26.1 Å². The number of non-ortho nitro benzene ring substituents is 1. The molecule has 0 bridgehead atoms. The van der Waals surface area contributed by atoms with Gasteiger partial charge in [0.05, 0.1) is 27.7 Å². The van der Waals surface area contributed by atoms with E-state index < -0.39 is 5.92 Å². The second kappa shape index (κ2) is 9.80. The Morgan fingerprint density at radius 1 is 1.05 bits per heavy atom. The number of nitrogens with zero attached hydrogens (tertiary/aromatic N) is 6. The monoisotopic (exact) mass is 517 g/mol. The number of hydrogen-bond acceptors (Lipinski definition) is 8. The first kappa shape index (κ1) is 24.5. The number of rotatable bonds is 6. The van der Waals surface area contributed by atoms with Crippen LogP contribution in [0, 0.1) is 10.1 Å². The van der Waals surface area contributed by atoms with Crippen LogP contribution >= 0.6 is 0 Å². The zero-order valence-corrected chi connectivity index (χ0v) is 21.4. The van der Waals surface area contributed by atoms with Crippen LogP contribution in [0.5, 0.6) is 0 Å². The summed E-state index contributed by atoms with van der Waals surface area (Å²) in [6.07, 6.45) is 0.824. The van der Waals surface area contributed by atoms with E-state index in [0.29, 0.717) is 18.9 Å². The van der Waals surface area contributed by atoms with Gasteiger partial charge >= 0.3 is 0 Å². The maximum absolute atomic E-state index is 12.5. The molecular weight excluding hydrogens is 486 g/mol. The van der Waals surface area contributed by atoms with Crippen molar-refractivity contribution in [2.45, 2.75) is 31.3 Å². The van der Waals surface area contributed by atoms with Crippen LogP contribution in [0.15, 0.2) is 42.5 Å². The van der Waals surface area contributed by atoms with E-state index in [0.717, 1.165) is 73.7 Å². The number of nitrogens with one attached hydrogen (secondary N) is 1. The third-order valence-corrected chi connectivity index (χ3v) is 8.10. The number of amides is 2. The topological polar surface area (TPSA) is 117 Å². The van der Waals surface area contributed by atoms with E-state index in [4.69, 9.17) is 5.10 Å². The highest BCUT2D eigenvalue weighted by atomic mass is 16.6. The van der Waals surface area contributed by atoms with Gasteiger partial charge in [-0.2, -0.15) is 5.10 Å². The van der Waals surface area contributed by atoms with Gasteiger partial charge in [-0.1, -0.05) is 24.3 Å². The summed E-state index contributed by atoms with van der Waals surface area (Å²) >= 11 is 0. The number of carbonyl (C=O) groups is 2. The SMILES string of the molecule is Cn1nc(C2CCC(=O)NC2=O)c2cccc(N3CCN(C4CN(Cc5ccc([N+](=O)[O-])cc5)C4)CC3)c21. The maximum Gasteiger partial charge on any atom is 0.269 e. The molecule has 0 spiro atoms. The molecule has 4 heterocycles. The molecule has 6 rings (SSSR count). The molecule has 0 aliphatic carbocycles. The molecule has 0 saturated carbocycles. The number of aromatic nitrogens is 2. The molecule has 1 N–H and O–H groups in total. The second-order valence-electron chi connectivity index (χ2n) is 10.5. The number of piperidine rings is 1. The molecule has 11 nitrogen and oxygen atoms in total. The molecule has 198 valence electrons. The summed E-state index contributed by atoms with van der Waals surface area (Å²) in [5.74, 6) is -0.884. The van der Waals surface area contributed by atoms with Crippen molar-refractivity contribution < 1.29 is 14.5 Å². The summed E-state index contributed by atoms with van der Waals surface area (Å²) in [7, 11) is 1.92. The first-order valence-electron chi connectivity index (χ1n) is 13.1. The molecule has 1 aromatic heterocycles. The number of para-hydroxylation sites is 1. The first-order valence-corrected chi connectivity index (χ1v) is 13.1. The Morgan fingerprint density at radius 3 is 2.47 bits per heavy atom. The van der Waals surface area contributed by atoms with Crippen molar-refractivity contribution in [1.29, 1.82) is 0 Å². The van der Waals surface area contributed by atoms with Crippen LogP contribution in [0.2, 0.25) is 0 Å². The highest BCUT2D eigenvalue weighted by molar-refractivity contribution is 6.03. The number of hydrogen-bond donors (Lipinski definition) is 1. The molecular formula is C27H31N7O4. The predicted octanol–water partition coefficient (Wildman–Crippen LogP) is 2.01. The van der Waals surface area contributed by atoms with Gasteiger partial charge < -0.3 is 4.90 Å². The molecule has 3 aliphatic heterocycles. The molecule has 38 heavy (non-hydrogen) atoms. The number of aryl methyl sites for hydroxylation is 1. The zero-order valence-electron chi connectivity index (χ0n) is 21.4. The summed E-state index contributed by atoms with van der Waals surface area (Å²) in [5, 5.41) is 19.0. The summed E-state index contributed by atoms with van der Waals surface area (Å²) in [4.78, 5) is 42.0. The lowest BCUT2D eigenvalue weighted by Crippen LogP contribution is -2.62. The average molecular weight is 518 g/mol. The fraction of sp³-hybridized carbons (Fsp3) is 0.444. The van der Waals surface area contributed by atoms with Crippen molar-refractivity contribution in [1.82, 2.24) is 24.9 Å². The first-order chi connectivity index (χ1) is 18.4. The molecule has 2 aromatic carbocycles. The summed E-state index contributed by atoms with van der Waals surface area (Å²) < 4.78 is 1.87. The minimum absolute atomic E-state index is 0.127. The fourth-order valence-electron chi connectivity index (χ4n) is 6.02. The Balaban J connectivity index is 1.08. The Kier molecular flexibility index (Phi) is 6.32. The third-order valence-electron chi connectivity index (χ3n) is 8.10. The van der Waals surface area contributed by atoms with E-state index in [1.54, 1.807) is 12.1 Å². The molecule has 3 aliphatic rings. The molecule has 3 saturated heterocycles. The number of carbonyl (C=O) groups excluding carboxylic acids is 2. The lowest BCUT2D eigenvalue weighted by Gasteiger charge is -2.48. The summed E-state index contributed by atoms with van der Waals surface area (Å²) in [6.45, 7) is 6.60. The number of nitro benzene ring substituents is 1. The zero-order chi connectivity index (χ0) is 26.4. The van der Waals surface area contributed by atoms with Gasteiger partial charge in [-0.3, -0.25) is 39.5 Å². The largest absolute Gasteiger partial charge is 0.367 e. The average Bonchev–Trinajstić information content (AvgIpc) is 3.23. The van der Waals surface area contributed by atoms with Crippen LogP contribution < -0.4 is 10.2 Å². The van der Waals surface area contributed by atoms with E-state index in [1.807, 2.05) is 36.0 Å². The maximum atomic E-state index is 12.5. The highest BCUT2D eigenvalue weighted by Crippen LogP contribution is 2.35. The Labute approximate surface area is 220 Å². The highest BCUT2D eigenvalue weighted by Gasteiger charge is 2.35. The van der Waals surface area contributed by atoms with Gasteiger partial charge in [0.15, 0.2) is 0 Å². The van der Waals surface area contributed by atoms with Gasteiger partial charge in [0, 0.05) is 82.8 Å². The summed E-state index contributed by atoms with van der Waals surface area (Å²) in [6, 6.07) is 13.5. The van der Waals surface area contributed by atoms with Crippen molar-refractivity contribution in [3.8, 4) is 0 Å². The molecule has 0 radical (unpaired) electrons. The van der Waals surface area contributed by atoms with Crippen molar-refractivity contribution >= 4 is 34.1 Å². The Bertz CT molecular complexity index is 1390. The van der Waals surface area contributed by atoms with E-state index in [1.165, 1.54) is 0 Å². The molecule has 3 aromatic rings. The van der Waals surface area contributed by atoms with E-state index in [-0.39, 0.29) is 22.4 Å². The number of anilines is 1. The number of nitro groups is 1.